The number of aliphatic carboxylic acids is 1. The van der Waals surface area contributed by atoms with Gasteiger partial charge in [0.2, 0.25) is 0 Å². The van der Waals surface area contributed by atoms with Crippen molar-refractivity contribution in [2.45, 2.75) is 154 Å². The topological polar surface area (TPSA) is 97.7 Å². The predicted molar refractivity (Wildman–Crippen MR) is 183 cm³/mol. The van der Waals surface area contributed by atoms with Gasteiger partial charge in [-0.2, -0.15) is 0 Å². The summed E-state index contributed by atoms with van der Waals surface area (Å²) in [7, 11) is 0. The Hall–Kier alpha value is 0.115. The van der Waals surface area contributed by atoms with Crippen LogP contribution in [-0.4, -0.2) is 56.4 Å². The van der Waals surface area contributed by atoms with E-state index in [1.54, 1.807) is 58.1 Å². The van der Waals surface area contributed by atoms with E-state index in [1.165, 1.54) is 52.9 Å². The van der Waals surface area contributed by atoms with Crippen LogP contribution >= 0.6 is 0 Å². The molecule has 1 N–H and O–H groups in total. The van der Waals surface area contributed by atoms with E-state index in [9.17, 15) is 0 Å². The first-order chi connectivity index (χ1) is 15.1. The van der Waals surface area contributed by atoms with Crippen LogP contribution in [0.15, 0.2) is 0 Å². The number of aldehydes is 3. The quantitative estimate of drug-likeness (QED) is 0.202. The average Bonchev–Trinajstić information content (AvgIpc) is 2.68. The number of carbonyl (C=O) groups excluding carboxylic acids is 3. The fourth-order valence-corrected chi connectivity index (χ4v) is 0.952. The monoisotopic (exact) mass is 1100 g/mol. The summed E-state index contributed by atoms with van der Waals surface area (Å²) >= 11 is 4.64. The van der Waals surface area contributed by atoms with Crippen molar-refractivity contribution in [1.29, 1.82) is 0 Å². The normalized spacial score (nSPS) is 5.12. The van der Waals surface area contributed by atoms with Crippen molar-refractivity contribution in [2.75, 3.05) is 13.2 Å². The number of carboxylic acid groups (broad SMARTS) is 1. The molecule has 0 aliphatic rings. The van der Waals surface area contributed by atoms with Crippen LogP contribution in [0.5, 0.6) is 0 Å². The molecule has 258 valence electrons. The summed E-state index contributed by atoms with van der Waals surface area (Å²) in [5.41, 5.74) is 0. The van der Waals surface area contributed by atoms with Gasteiger partial charge in [0.15, 0.2) is 0 Å². The maximum atomic E-state index is 9.00. The molecule has 0 saturated carbocycles. The third-order valence-electron chi connectivity index (χ3n) is 1.60. The van der Waals surface area contributed by atoms with Crippen molar-refractivity contribution in [3.8, 4) is 0 Å². The second-order valence-electron chi connectivity index (χ2n) is 4.54. The second kappa shape index (κ2) is 194. The van der Waals surface area contributed by atoms with E-state index < -0.39 is 5.97 Å². The van der Waals surface area contributed by atoms with Gasteiger partial charge in [-0.3, -0.25) is 4.79 Å². The van der Waals surface area contributed by atoms with E-state index in [2.05, 4.69) is 20.1 Å². The molecule has 0 spiro atoms. The number of hydrogen-bond acceptors (Lipinski definition) is 5. The molecule has 40 heavy (non-hydrogen) atoms. The molecule has 6 nitrogen and oxygen atoms in total. The van der Waals surface area contributed by atoms with Crippen molar-refractivity contribution in [2.24, 2.45) is 0 Å². The molecular weight excluding hydrogens is 1020 g/mol. The van der Waals surface area contributed by atoms with E-state index >= 15 is 0 Å². The standard InChI is InChI=1S/C9H20O.C2H4O2.3C2H4O.3C2H4.8CH4.3W/c1-3-5-6-7-8-9-10-4-2;1-2(3)4;3*1-2-3;3*1-2;;;;;;;;;;;/h3-9H2,1-2H3;1H3,(H,3,4);3*2H,1H3;3*1H,2H3;8*1H4;;;. The van der Waals surface area contributed by atoms with Crippen molar-refractivity contribution in [3.05, 3.63) is 0 Å². The molecule has 0 aliphatic carbocycles. The zero-order chi connectivity index (χ0) is 27.5. The van der Waals surface area contributed by atoms with Crippen LogP contribution in [0.1, 0.15) is 154 Å². The van der Waals surface area contributed by atoms with Crippen LogP contribution < -0.4 is 0 Å². The molecule has 0 aromatic heterocycles. The molecule has 0 rings (SSSR count). The van der Waals surface area contributed by atoms with Gasteiger partial charge in [0.1, 0.15) is 18.9 Å². The summed E-state index contributed by atoms with van der Waals surface area (Å²) in [6, 6.07) is 0. The number of carbonyl (C=O) groups is 4. The summed E-state index contributed by atoms with van der Waals surface area (Å²) < 4.78 is 11.5. The summed E-state index contributed by atoms with van der Waals surface area (Å²) in [5, 5.41) is 7.42. The summed E-state index contributed by atoms with van der Waals surface area (Å²) in [6.45, 7) is 17.6. The fourth-order valence-electron chi connectivity index (χ4n) is 0.952. The van der Waals surface area contributed by atoms with E-state index in [0.29, 0.717) is 0 Å². The summed E-state index contributed by atoms with van der Waals surface area (Å²) in [5.74, 6) is -0.833. The zero-order valence-electron chi connectivity index (χ0n) is 21.6. The predicted octanol–water partition coefficient (Wildman–Crippen LogP) is 9.85. The number of ether oxygens (including phenoxy) is 1. The first-order valence-electron chi connectivity index (χ1n) is 10.3. The Morgan fingerprint density at radius 3 is 0.925 bits per heavy atom. The first-order valence-corrected chi connectivity index (χ1v) is 15.4. The molecule has 0 heterocycles. The molecule has 0 aromatic rings. The van der Waals surface area contributed by atoms with Crippen LogP contribution in [0.25, 0.3) is 0 Å². The Labute approximate surface area is 290 Å². The van der Waals surface area contributed by atoms with Crippen molar-refractivity contribution in [1.82, 2.24) is 0 Å². The Morgan fingerprint density at radius 2 is 0.775 bits per heavy atom. The van der Waals surface area contributed by atoms with Crippen LogP contribution in [0.2, 0.25) is 0 Å². The number of rotatable bonds is 7. The van der Waals surface area contributed by atoms with Crippen molar-refractivity contribution in [3.63, 3.8) is 0 Å². The molecule has 0 saturated heterocycles. The van der Waals surface area contributed by atoms with Crippen LogP contribution in [-0.2, 0) is 82.0 Å². The van der Waals surface area contributed by atoms with Gasteiger partial charge in [-0.1, -0.05) is 92.0 Å². The Bertz CT molecular complexity index is 285. The zero-order valence-corrected chi connectivity index (χ0v) is 30.4. The van der Waals surface area contributed by atoms with Crippen LogP contribution in [0, 0.1) is 0 Å². The van der Waals surface area contributed by atoms with Gasteiger partial charge in [0.05, 0.1) is 0 Å². The van der Waals surface area contributed by atoms with Crippen molar-refractivity contribution >= 4 is 38.0 Å². The molecule has 0 radical (unpaired) electrons. The molecule has 0 unspecified atom stereocenters. The minimum absolute atomic E-state index is 0. The molecule has 0 atom stereocenters. The van der Waals surface area contributed by atoms with E-state index in [4.69, 9.17) is 29.0 Å². The van der Waals surface area contributed by atoms with Gasteiger partial charge in [0.25, 0.3) is 5.97 Å². The van der Waals surface area contributed by atoms with Gasteiger partial charge in [-0.05, 0) is 34.1 Å². The molecule has 9 heteroatoms. The number of carboxylic acids is 1. The van der Waals surface area contributed by atoms with Gasteiger partial charge < -0.3 is 24.2 Å². The maximum absolute atomic E-state index is 9.00. The Balaban J connectivity index is -0.0000000121. The van der Waals surface area contributed by atoms with E-state index in [1.807, 2.05) is 27.7 Å². The fraction of sp³-hybridized carbons (Fsp3) is 0.774. The van der Waals surface area contributed by atoms with E-state index in [0.717, 1.165) is 39.0 Å². The minimum atomic E-state index is -0.833. The van der Waals surface area contributed by atoms with Gasteiger partial charge in [-0.15, -0.1) is 0 Å². The number of unbranched alkanes of at least 4 members (excludes halogenated alkanes) is 4. The second-order valence-corrected chi connectivity index (χ2v) is 9.63. The number of hydrogen-bond donors (Lipinski definition) is 1. The third-order valence-corrected chi connectivity index (χ3v) is 1.60. The summed E-state index contributed by atoms with van der Waals surface area (Å²) in [6.07, 6.45) is 8.92. The summed E-state index contributed by atoms with van der Waals surface area (Å²) in [4.78, 5) is 35.4. The third kappa shape index (κ3) is 1040. The van der Waals surface area contributed by atoms with Crippen LogP contribution in [0.3, 0.4) is 0 Å². The molecule has 0 fully saturated rings. The van der Waals surface area contributed by atoms with Crippen LogP contribution in [0.4, 0.5) is 0 Å². The van der Waals surface area contributed by atoms with Gasteiger partial charge in [0, 0.05) is 20.1 Å². The molecule has 0 aromatic carbocycles. The molecule has 0 aliphatic heterocycles. The SMILES string of the molecule is C.C.C.C.C.C.C.C.CC(=O)O.CC=O.CC=O.CC=O.CCCCCCCOCC.C[CH]=[W].C[CH]=[W].C[CH]=[W]. The molecule has 0 bridgehead atoms. The molecule has 0 amide bonds. The Morgan fingerprint density at radius 1 is 0.600 bits per heavy atom. The van der Waals surface area contributed by atoms with Gasteiger partial charge >= 0.3 is 92.0 Å². The van der Waals surface area contributed by atoms with Crippen molar-refractivity contribution < 1.29 is 87.1 Å². The van der Waals surface area contributed by atoms with E-state index in [-0.39, 0.29) is 59.4 Å². The van der Waals surface area contributed by atoms with Gasteiger partial charge in [-0.25, -0.2) is 0 Å². The average molecular weight is 1100 g/mol. The first kappa shape index (κ1) is 106. The molecular formula is C31H80O6W3. The Kier molecular flexibility index (Phi) is 512.